The van der Waals surface area contributed by atoms with Crippen LogP contribution in [-0.4, -0.2) is 10.5 Å². The van der Waals surface area contributed by atoms with E-state index in [0.717, 1.165) is 5.56 Å². The van der Waals surface area contributed by atoms with E-state index in [1.165, 1.54) is 10.6 Å². The zero-order chi connectivity index (χ0) is 11.8. The minimum Gasteiger partial charge on any atom is -0.433 e. The number of aromatic nitrogens is 1. The first-order valence-corrected chi connectivity index (χ1v) is 5.24. The molecule has 0 bridgehead atoms. The van der Waals surface area contributed by atoms with E-state index in [4.69, 9.17) is 4.74 Å². The number of pyridine rings is 1. The van der Waals surface area contributed by atoms with Crippen LogP contribution in [0.25, 0.3) is 0 Å². The highest BCUT2D eigenvalue weighted by Crippen LogP contribution is 2.30. The number of hydrogen-bond acceptors (Lipinski definition) is 3. The molecule has 1 atom stereocenters. The minimum absolute atomic E-state index is 0.193. The maximum atomic E-state index is 11.7. The Morgan fingerprint density at radius 2 is 1.76 bits per heavy atom. The monoisotopic (exact) mass is 227 g/mol. The lowest BCUT2D eigenvalue weighted by molar-refractivity contribution is 0.0313. The number of benzene rings is 1. The number of nitrogens with zero attached hydrogens (tertiary/aromatic N) is 1. The van der Waals surface area contributed by atoms with Crippen LogP contribution in [0.3, 0.4) is 0 Å². The van der Waals surface area contributed by atoms with Crippen LogP contribution in [0, 0.1) is 0 Å². The molecule has 1 aliphatic heterocycles. The summed E-state index contributed by atoms with van der Waals surface area (Å²) >= 11 is 0. The van der Waals surface area contributed by atoms with E-state index >= 15 is 0 Å². The average Bonchev–Trinajstić information content (AvgIpc) is 2.68. The van der Waals surface area contributed by atoms with Gasteiger partial charge in [-0.25, -0.2) is 4.79 Å². The second-order valence-electron chi connectivity index (χ2n) is 3.79. The Morgan fingerprint density at radius 3 is 2.59 bits per heavy atom. The molecule has 0 saturated heterocycles. The molecule has 17 heavy (non-hydrogen) atoms. The van der Waals surface area contributed by atoms with E-state index < -0.39 is 6.23 Å². The molecule has 1 aromatic carbocycles. The Morgan fingerprint density at radius 1 is 1.00 bits per heavy atom. The summed E-state index contributed by atoms with van der Waals surface area (Å²) in [6.45, 7) is 0. The lowest BCUT2D eigenvalue weighted by Gasteiger charge is -2.13. The van der Waals surface area contributed by atoms with Gasteiger partial charge in [-0.15, -0.1) is 0 Å². The van der Waals surface area contributed by atoms with Crippen LogP contribution in [-0.2, 0) is 4.74 Å². The molecule has 2 heterocycles. The molecule has 84 valence electrons. The molecule has 0 N–H and O–H groups in total. The molecule has 1 unspecified atom stereocenters. The molecule has 0 spiro atoms. The predicted octanol–water partition coefficient (Wildman–Crippen LogP) is 1.57. The van der Waals surface area contributed by atoms with E-state index in [1.54, 1.807) is 36.5 Å². The van der Waals surface area contributed by atoms with Crippen molar-refractivity contribution in [1.29, 1.82) is 0 Å². The SMILES string of the molecule is O=C1OC(n2ccccc2=O)c2ccccc21. The standard InChI is InChI=1S/C13H9NO3/c15-11-7-3-4-8-14(11)12-9-5-1-2-6-10(9)13(16)17-12/h1-8,12H. The number of cyclic esters (lactones) is 1. The predicted molar refractivity (Wildman–Crippen MR) is 60.7 cm³/mol. The second kappa shape index (κ2) is 3.59. The van der Waals surface area contributed by atoms with Crippen molar-refractivity contribution < 1.29 is 9.53 Å². The molecule has 3 rings (SSSR count). The number of ether oxygens (including phenoxy) is 1. The summed E-state index contributed by atoms with van der Waals surface area (Å²) in [5.74, 6) is -0.388. The fourth-order valence-electron chi connectivity index (χ4n) is 1.97. The van der Waals surface area contributed by atoms with Crippen molar-refractivity contribution in [2.24, 2.45) is 0 Å². The molecular weight excluding hydrogens is 218 g/mol. The van der Waals surface area contributed by atoms with Gasteiger partial charge < -0.3 is 4.74 Å². The number of carbonyl (C=O) groups excluding carboxylic acids is 1. The van der Waals surface area contributed by atoms with E-state index in [9.17, 15) is 9.59 Å². The molecule has 1 aliphatic rings. The summed E-state index contributed by atoms with van der Waals surface area (Å²) < 4.78 is 6.63. The number of hydrogen-bond donors (Lipinski definition) is 0. The van der Waals surface area contributed by atoms with Gasteiger partial charge in [0.25, 0.3) is 5.56 Å². The molecular formula is C13H9NO3. The Kier molecular flexibility index (Phi) is 2.08. The molecule has 0 radical (unpaired) electrons. The largest absolute Gasteiger partial charge is 0.433 e. The Bertz CT molecular complexity index is 645. The average molecular weight is 227 g/mol. The van der Waals surface area contributed by atoms with Crippen LogP contribution in [0.4, 0.5) is 0 Å². The Hall–Kier alpha value is -2.36. The lowest BCUT2D eigenvalue weighted by atomic mass is 10.1. The van der Waals surface area contributed by atoms with Crippen LogP contribution in [0.5, 0.6) is 0 Å². The third-order valence-electron chi connectivity index (χ3n) is 2.77. The molecule has 0 amide bonds. The minimum atomic E-state index is -0.646. The van der Waals surface area contributed by atoms with Crippen molar-refractivity contribution >= 4 is 5.97 Å². The first kappa shape index (κ1) is 9.84. The summed E-state index contributed by atoms with van der Waals surface area (Å²) in [6.07, 6.45) is 0.968. The summed E-state index contributed by atoms with van der Waals surface area (Å²) in [6, 6.07) is 11.9. The van der Waals surface area contributed by atoms with Gasteiger partial charge >= 0.3 is 5.97 Å². The van der Waals surface area contributed by atoms with Gasteiger partial charge in [0, 0.05) is 17.8 Å². The molecule has 0 saturated carbocycles. The van der Waals surface area contributed by atoms with Crippen LogP contribution in [0.1, 0.15) is 22.1 Å². The molecule has 4 heteroatoms. The lowest BCUT2D eigenvalue weighted by Crippen LogP contribution is -2.23. The van der Waals surface area contributed by atoms with Gasteiger partial charge in [0.2, 0.25) is 6.23 Å². The summed E-state index contributed by atoms with van der Waals surface area (Å²) in [5, 5.41) is 0. The second-order valence-corrected chi connectivity index (χ2v) is 3.79. The third kappa shape index (κ3) is 1.45. The van der Waals surface area contributed by atoms with Crippen molar-refractivity contribution in [2.75, 3.05) is 0 Å². The van der Waals surface area contributed by atoms with Crippen molar-refractivity contribution in [2.45, 2.75) is 6.23 Å². The maximum absolute atomic E-state index is 11.7. The topological polar surface area (TPSA) is 48.3 Å². The van der Waals surface area contributed by atoms with Gasteiger partial charge in [-0.05, 0) is 12.1 Å². The smallest absolute Gasteiger partial charge is 0.340 e. The number of fused-ring (bicyclic) bond motifs is 1. The fourth-order valence-corrected chi connectivity index (χ4v) is 1.97. The van der Waals surface area contributed by atoms with Gasteiger partial charge in [0.1, 0.15) is 0 Å². The van der Waals surface area contributed by atoms with Gasteiger partial charge in [0.05, 0.1) is 5.56 Å². The first-order chi connectivity index (χ1) is 8.27. The zero-order valence-corrected chi connectivity index (χ0v) is 8.87. The maximum Gasteiger partial charge on any atom is 0.340 e. The first-order valence-electron chi connectivity index (χ1n) is 5.24. The zero-order valence-electron chi connectivity index (χ0n) is 8.87. The highest BCUT2D eigenvalue weighted by Gasteiger charge is 2.31. The van der Waals surface area contributed by atoms with Crippen molar-refractivity contribution in [3.8, 4) is 0 Å². The quantitative estimate of drug-likeness (QED) is 0.695. The van der Waals surface area contributed by atoms with Gasteiger partial charge in [-0.1, -0.05) is 24.3 Å². The number of esters is 1. The van der Waals surface area contributed by atoms with Crippen molar-refractivity contribution in [3.63, 3.8) is 0 Å². The summed E-state index contributed by atoms with van der Waals surface area (Å²) in [5.41, 5.74) is 1.06. The van der Waals surface area contributed by atoms with E-state index in [-0.39, 0.29) is 11.5 Å². The normalized spacial score (nSPS) is 17.6. The Labute approximate surface area is 97.1 Å². The van der Waals surface area contributed by atoms with Gasteiger partial charge in [0.15, 0.2) is 0 Å². The molecule has 0 fully saturated rings. The number of carbonyl (C=O) groups is 1. The highest BCUT2D eigenvalue weighted by atomic mass is 16.6. The van der Waals surface area contributed by atoms with Crippen LogP contribution < -0.4 is 5.56 Å². The molecule has 0 aliphatic carbocycles. The van der Waals surface area contributed by atoms with E-state index in [2.05, 4.69) is 0 Å². The molecule has 4 nitrogen and oxygen atoms in total. The van der Waals surface area contributed by atoms with Crippen LogP contribution in [0.15, 0.2) is 53.5 Å². The summed E-state index contributed by atoms with van der Waals surface area (Å²) in [4.78, 5) is 23.3. The third-order valence-corrected chi connectivity index (χ3v) is 2.77. The summed E-state index contributed by atoms with van der Waals surface area (Å²) in [7, 11) is 0. The van der Waals surface area contributed by atoms with Crippen LogP contribution in [0.2, 0.25) is 0 Å². The van der Waals surface area contributed by atoms with Gasteiger partial charge in [-0.3, -0.25) is 9.36 Å². The fraction of sp³-hybridized carbons (Fsp3) is 0.0769. The molecule has 2 aromatic rings. The van der Waals surface area contributed by atoms with Crippen LogP contribution >= 0.6 is 0 Å². The van der Waals surface area contributed by atoms with Gasteiger partial charge in [-0.2, -0.15) is 0 Å². The van der Waals surface area contributed by atoms with E-state index in [1.807, 2.05) is 6.07 Å². The Balaban J connectivity index is 2.17. The number of rotatable bonds is 1. The van der Waals surface area contributed by atoms with E-state index in [0.29, 0.717) is 5.56 Å². The highest BCUT2D eigenvalue weighted by molar-refractivity contribution is 5.93. The molecule has 1 aromatic heterocycles. The van der Waals surface area contributed by atoms with Crippen molar-refractivity contribution in [3.05, 3.63) is 70.1 Å². The van der Waals surface area contributed by atoms with Crippen molar-refractivity contribution in [1.82, 2.24) is 4.57 Å².